The lowest BCUT2D eigenvalue weighted by Gasteiger charge is -2.20. The maximum absolute atomic E-state index is 5.86. The monoisotopic (exact) mass is 239 g/mol. The number of hydrogen-bond acceptors (Lipinski definition) is 4. The van der Waals surface area contributed by atoms with Gasteiger partial charge in [0.15, 0.2) is 0 Å². The normalized spacial score (nSPS) is 26.1. The molecule has 1 saturated heterocycles. The zero-order valence-corrected chi connectivity index (χ0v) is 10.1. The van der Waals surface area contributed by atoms with Gasteiger partial charge in [-0.05, 0) is 13.0 Å². The molecular weight excluding hydrogens is 222 g/mol. The summed E-state index contributed by atoms with van der Waals surface area (Å²) in [6.07, 6.45) is 3.25. The average Bonchev–Trinajstić information content (AvgIpc) is 2.57. The van der Waals surface area contributed by atoms with Crippen molar-refractivity contribution in [1.29, 1.82) is 0 Å². The lowest BCUT2D eigenvalue weighted by molar-refractivity contribution is 0.0581. The third kappa shape index (κ3) is 1.99. The highest BCUT2D eigenvalue weighted by Gasteiger charge is 2.23. The van der Waals surface area contributed by atoms with Gasteiger partial charge in [0.25, 0.3) is 0 Å². The Bertz CT molecular complexity index is 358. The Morgan fingerprint density at radius 3 is 3.56 bits per heavy atom. The second-order valence-electron chi connectivity index (χ2n) is 4.23. The third-order valence-electron chi connectivity index (χ3n) is 3.11. The predicted molar refractivity (Wildman–Crippen MR) is 64.6 cm³/mol. The van der Waals surface area contributed by atoms with E-state index in [0.717, 1.165) is 44.2 Å². The molecule has 0 aliphatic carbocycles. The van der Waals surface area contributed by atoms with Crippen LogP contribution in [0.5, 0.6) is 0 Å². The maximum Gasteiger partial charge on any atom is 0.139 e. The molecule has 0 bridgehead atoms. The highest BCUT2D eigenvalue weighted by molar-refractivity contribution is 7.98. The summed E-state index contributed by atoms with van der Waals surface area (Å²) in [4.78, 5) is 4.55. The van der Waals surface area contributed by atoms with E-state index >= 15 is 0 Å². The second kappa shape index (κ2) is 4.77. The van der Waals surface area contributed by atoms with Gasteiger partial charge in [-0.1, -0.05) is 0 Å². The van der Waals surface area contributed by atoms with E-state index in [0.29, 0.717) is 0 Å². The van der Waals surface area contributed by atoms with Gasteiger partial charge in [-0.3, -0.25) is 0 Å². The molecule has 1 aromatic heterocycles. The first-order valence-corrected chi connectivity index (χ1v) is 7.05. The number of fused-ring (bicyclic) bond motifs is 1. The first-order valence-electron chi connectivity index (χ1n) is 5.89. The Morgan fingerprint density at radius 1 is 1.56 bits per heavy atom. The first-order chi connectivity index (χ1) is 7.95. The minimum absolute atomic E-state index is 0.138. The van der Waals surface area contributed by atoms with E-state index in [2.05, 4.69) is 14.9 Å². The molecule has 0 radical (unpaired) electrons. The van der Waals surface area contributed by atoms with Crippen molar-refractivity contribution in [3.63, 3.8) is 0 Å². The molecule has 0 aromatic carbocycles. The molecule has 5 heteroatoms. The molecule has 88 valence electrons. The van der Waals surface area contributed by atoms with Crippen LogP contribution in [0.4, 0.5) is 0 Å². The fourth-order valence-electron chi connectivity index (χ4n) is 2.27. The number of ether oxygens (including phenoxy) is 1. The smallest absolute Gasteiger partial charge is 0.139 e. The summed E-state index contributed by atoms with van der Waals surface area (Å²) in [5.74, 6) is 3.40. The number of nitrogens with one attached hydrogen (secondary N) is 1. The van der Waals surface area contributed by atoms with Gasteiger partial charge >= 0.3 is 0 Å². The summed E-state index contributed by atoms with van der Waals surface area (Å²) in [5.41, 5.74) is 1.35. The molecule has 2 aliphatic rings. The SMILES string of the molecule is c1nc(C2CNCCCO2)n2c1CSCC2. The number of hydrogen-bond donors (Lipinski definition) is 1. The summed E-state index contributed by atoms with van der Waals surface area (Å²) in [6.45, 7) is 3.87. The molecule has 1 fully saturated rings. The minimum atomic E-state index is 0.138. The van der Waals surface area contributed by atoms with Crippen LogP contribution in [0.15, 0.2) is 6.20 Å². The van der Waals surface area contributed by atoms with Gasteiger partial charge in [-0.25, -0.2) is 4.98 Å². The molecule has 4 nitrogen and oxygen atoms in total. The summed E-state index contributed by atoms with van der Waals surface area (Å²) in [5, 5.41) is 3.41. The third-order valence-corrected chi connectivity index (χ3v) is 4.08. The van der Waals surface area contributed by atoms with E-state index < -0.39 is 0 Å². The summed E-state index contributed by atoms with van der Waals surface area (Å²) in [6, 6.07) is 0. The zero-order chi connectivity index (χ0) is 10.8. The Labute approximate surface area is 99.8 Å². The van der Waals surface area contributed by atoms with Crippen molar-refractivity contribution in [2.45, 2.75) is 24.8 Å². The molecule has 16 heavy (non-hydrogen) atoms. The lowest BCUT2D eigenvalue weighted by atomic mass is 10.3. The van der Waals surface area contributed by atoms with Crippen LogP contribution in [-0.2, 0) is 17.0 Å². The highest BCUT2D eigenvalue weighted by Crippen LogP contribution is 2.25. The Kier molecular flexibility index (Phi) is 3.17. The molecule has 3 rings (SSSR count). The second-order valence-corrected chi connectivity index (χ2v) is 5.33. The molecule has 1 N–H and O–H groups in total. The standard InChI is InChI=1S/C11H17N3OS/c1-2-12-7-10(15-4-1)11-13-6-9-8-16-5-3-14(9)11/h6,10,12H,1-5,7-8H2. The Balaban J connectivity index is 1.84. The predicted octanol–water partition coefficient (Wildman–Crippen LogP) is 1.18. The molecule has 1 aromatic rings. The van der Waals surface area contributed by atoms with Crippen LogP contribution in [0.1, 0.15) is 24.0 Å². The fourth-order valence-corrected chi connectivity index (χ4v) is 3.17. The van der Waals surface area contributed by atoms with E-state index in [4.69, 9.17) is 4.74 Å². The first kappa shape index (κ1) is 10.6. The van der Waals surface area contributed by atoms with Crippen molar-refractivity contribution in [1.82, 2.24) is 14.9 Å². The maximum atomic E-state index is 5.86. The van der Waals surface area contributed by atoms with Gasteiger partial charge in [-0.2, -0.15) is 11.8 Å². The van der Waals surface area contributed by atoms with Gasteiger partial charge < -0.3 is 14.6 Å². The lowest BCUT2D eigenvalue weighted by Crippen LogP contribution is -2.24. The van der Waals surface area contributed by atoms with Crippen LogP contribution < -0.4 is 5.32 Å². The van der Waals surface area contributed by atoms with E-state index in [1.165, 1.54) is 11.4 Å². The molecule has 3 heterocycles. The van der Waals surface area contributed by atoms with Gasteiger partial charge in [0.05, 0.1) is 0 Å². The highest BCUT2D eigenvalue weighted by atomic mass is 32.2. The molecular formula is C11H17N3OS. The summed E-state index contributed by atoms with van der Waals surface area (Å²) >= 11 is 1.98. The zero-order valence-electron chi connectivity index (χ0n) is 9.32. The number of nitrogens with zero attached hydrogens (tertiary/aromatic N) is 2. The summed E-state index contributed by atoms with van der Waals surface area (Å²) < 4.78 is 8.20. The van der Waals surface area contributed by atoms with E-state index in [-0.39, 0.29) is 6.10 Å². The van der Waals surface area contributed by atoms with Crippen molar-refractivity contribution in [3.8, 4) is 0 Å². The Hall–Kier alpha value is -0.520. The fraction of sp³-hybridized carbons (Fsp3) is 0.727. The topological polar surface area (TPSA) is 39.1 Å². The van der Waals surface area contributed by atoms with Crippen LogP contribution in [0.25, 0.3) is 0 Å². The number of rotatable bonds is 1. The van der Waals surface area contributed by atoms with Crippen LogP contribution in [0.2, 0.25) is 0 Å². The minimum Gasteiger partial charge on any atom is -0.369 e. The van der Waals surface area contributed by atoms with Gasteiger partial charge in [0.1, 0.15) is 11.9 Å². The molecule has 0 saturated carbocycles. The van der Waals surface area contributed by atoms with E-state index in [1.807, 2.05) is 18.0 Å². The number of imidazole rings is 1. The molecule has 1 unspecified atom stereocenters. The molecule has 0 spiro atoms. The van der Waals surface area contributed by atoms with Crippen molar-refractivity contribution in [2.75, 3.05) is 25.4 Å². The van der Waals surface area contributed by atoms with Crippen LogP contribution in [0, 0.1) is 0 Å². The van der Waals surface area contributed by atoms with Crippen molar-refractivity contribution in [3.05, 3.63) is 17.7 Å². The van der Waals surface area contributed by atoms with Crippen molar-refractivity contribution < 1.29 is 4.74 Å². The van der Waals surface area contributed by atoms with Gasteiger partial charge in [0, 0.05) is 43.1 Å². The van der Waals surface area contributed by atoms with Crippen LogP contribution in [0.3, 0.4) is 0 Å². The van der Waals surface area contributed by atoms with Crippen molar-refractivity contribution >= 4 is 11.8 Å². The van der Waals surface area contributed by atoms with E-state index in [9.17, 15) is 0 Å². The quantitative estimate of drug-likeness (QED) is 0.799. The van der Waals surface area contributed by atoms with E-state index in [1.54, 1.807) is 0 Å². The van der Waals surface area contributed by atoms with Crippen LogP contribution >= 0.6 is 11.8 Å². The number of aromatic nitrogens is 2. The molecule has 0 amide bonds. The molecule has 1 atom stereocenters. The number of thioether (sulfide) groups is 1. The largest absolute Gasteiger partial charge is 0.369 e. The Morgan fingerprint density at radius 2 is 2.56 bits per heavy atom. The van der Waals surface area contributed by atoms with Crippen molar-refractivity contribution in [2.24, 2.45) is 0 Å². The van der Waals surface area contributed by atoms with Crippen LogP contribution in [-0.4, -0.2) is 35.0 Å². The van der Waals surface area contributed by atoms with Gasteiger partial charge in [-0.15, -0.1) is 0 Å². The molecule has 2 aliphatic heterocycles. The van der Waals surface area contributed by atoms with Gasteiger partial charge in [0.2, 0.25) is 0 Å². The summed E-state index contributed by atoms with van der Waals surface area (Å²) in [7, 11) is 0. The average molecular weight is 239 g/mol.